The Bertz CT molecular complexity index is 1120. The topological polar surface area (TPSA) is 113 Å². The van der Waals surface area contributed by atoms with E-state index in [9.17, 15) is 9.59 Å². The third-order valence-electron chi connectivity index (χ3n) is 4.46. The molecule has 9 nitrogen and oxygen atoms in total. The van der Waals surface area contributed by atoms with Gasteiger partial charge < -0.3 is 23.9 Å². The number of thioether (sulfide) groups is 1. The number of carbonyl (C=O) groups is 2. The Labute approximate surface area is 182 Å². The third kappa shape index (κ3) is 4.64. The molecule has 0 aliphatic carbocycles. The largest absolute Gasteiger partial charge is 0.461 e. The van der Waals surface area contributed by atoms with Crippen molar-refractivity contribution in [1.82, 2.24) is 15.3 Å². The smallest absolute Gasteiger partial charge is 0.343 e. The van der Waals surface area contributed by atoms with Crippen molar-refractivity contribution in [3.05, 3.63) is 53.4 Å². The van der Waals surface area contributed by atoms with Gasteiger partial charge in [-0.2, -0.15) is 0 Å². The van der Waals surface area contributed by atoms with Gasteiger partial charge in [-0.15, -0.1) is 11.8 Å². The first-order valence-electron chi connectivity index (χ1n) is 9.34. The number of benzene rings is 1. The van der Waals surface area contributed by atoms with Crippen molar-refractivity contribution in [3.8, 4) is 23.1 Å². The number of ether oxygens (including phenoxy) is 3. The van der Waals surface area contributed by atoms with Crippen molar-refractivity contribution in [2.24, 2.45) is 0 Å². The minimum absolute atomic E-state index is 0.185. The number of fused-ring (bicyclic) bond motifs is 1. The zero-order valence-corrected chi connectivity index (χ0v) is 17.7. The number of amides is 1. The standard InChI is InChI=1S/C21H19N3O6S/c1-12-18(20(31-2)24-19(23-12)15-4-3-7-27-15)21(26)28-10-17(25)22-9-13-5-6-14-16(8-13)30-11-29-14/h3-8H,9-11H2,1-2H3,(H,22,25). The van der Waals surface area contributed by atoms with Crippen LogP contribution in [0.25, 0.3) is 11.6 Å². The highest BCUT2D eigenvalue weighted by molar-refractivity contribution is 7.98. The Hall–Kier alpha value is -3.53. The molecule has 1 N–H and O–H groups in total. The van der Waals surface area contributed by atoms with Crippen LogP contribution >= 0.6 is 11.8 Å². The molecule has 0 bridgehead atoms. The van der Waals surface area contributed by atoms with E-state index in [-0.39, 0.29) is 18.9 Å². The predicted molar refractivity (Wildman–Crippen MR) is 111 cm³/mol. The number of nitrogens with one attached hydrogen (secondary N) is 1. The van der Waals surface area contributed by atoms with Crippen LogP contribution in [0.2, 0.25) is 0 Å². The summed E-state index contributed by atoms with van der Waals surface area (Å²) in [7, 11) is 0. The van der Waals surface area contributed by atoms with E-state index < -0.39 is 18.5 Å². The van der Waals surface area contributed by atoms with Crippen molar-refractivity contribution in [2.75, 3.05) is 19.7 Å². The van der Waals surface area contributed by atoms with E-state index in [1.165, 1.54) is 18.0 Å². The molecule has 2 aromatic heterocycles. The molecule has 1 aliphatic rings. The highest BCUT2D eigenvalue weighted by atomic mass is 32.2. The average Bonchev–Trinajstić information content (AvgIpc) is 3.47. The Morgan fingerprint density at radius 2 is 2.03 bits per heavy atom. The van der Waals surface area contributed by atoms with Crippen LogP contribution < -0.4 is 14.8 Å². The van der Waals surface area contributed by atoms with Gasteiger partial charge in [-0.05, 0) is 43.0 Å². The van der Waals surface area contributed by atoms with Crippen LogP contribution in [0.5, 0.6) is 11.5 Å². The minimum Gasteiger partial charge on any atom is -0.461 e. The quantitative estimate of drug-likeness (QED) is 0.336. The summed E-state index contributed by atoms with van der Waals surface area (Å²) in [6.07, 6.45) is 3.32. The van der Waals surface area contributed by atoms with Gasteiger partial charge in [-0.25, -0.2) is 14.8 Å². The Kier molecular flexibility index (Phi) is 6.08. The fourth-order valence-corrected chi connectivity index (χ4v) is 3.56. The first kappa shape index (κ1) is 20.7. The molecule has 1 aromatic carbocycles. The van der Waals surface area contributed by atoms with Crippen LogP contribution in [0.15, 0.2) is 46.0 Å². The van der Waals surface area contributed by atoms with Crippen LogP contribution in [0.4, 0.5) is 0 Å². The van der Waals surface area contributed by atoms with E-state index in [4.69, 9.17) is 18.6 Å². The number of carbonyl (C=O) groups excluding carboxylic acids is 2. The fourth-order valence-electron chi connectivity index (χ4n) is 2.95. The maximum Gasteiger partial charge on any atom is 0.343 e. The number of esters is 1. The molecule has 160 valence electrons. The first-order valence-corrected chi connectivity index (χ1v) is 10.6. The molecule has 0 saturated carbocycles. The predicted octanol–water partition coefficient (Wildman–Crippen LogP) is 2.97. The van der Waals surface area contributed by atoms with Gasteiger partial charge in [0.25, 0.3) is 5.91 Å². The lowest BCUT2D eigenvalue weighted by molar-refractivity contribution is -0.124. The Morgan fingerprint density at radius 3 is 2.81 bits per heavy atom. The number of aromatic nitrogens is 2. The molecule has 0 unspecified atom stereocenters. The summed E-state index contributed by atoms with van der Waals surface area (Å²) >= 11 is 1.28. The van der Waals surface area contributed by atoms with Crippen LogP contribution in [-0.4, -0.2) is 41.5 Å². The van der Waals surface area contributed by atoms with Gasteiger partial charge in [-0.3, -0.25) is 4.79 Å². The molecular weight excluding hydrogens is 422 g/mol. The van der Waals surface area contributed by atoms with Crippen molar-refractivity contribution >= 4 is 23.6 Å². The highest BCUT2D eigenvalue weighted by Crippen LogP contribution is 2.32. The van der Waals surface area contributed by atoms with E-state index in [2.05, 4.69) is 15.3 Å². The molecule has 4 rings (SSSR count). The SMILES string of the molecule is CSc1nc(-c2ccco2)nc(C)c1C(=O)OCC(=O)NCc1ccc2c(c1)OCO2. The van der Waals surface area contributed by atoms with Gasteiger partial charge >= 0.3 is 5.97 Å². The van der Waals surface area contributed by atoms with Gasteiger partial charge in [0.1, 0.15) is 10.6 Å². The maximum atomic E-state index is 12.6. The van der Waals surface area contributed by atoms with Crippen molar-refractivity contribution < 1.29 is 28.2 Å². The summed E-state index contributed by atoms with van der Waals surface area (Å²) < 4.78 is 21.1. The van der Waals surface area contributed by atoms with Gasteiger partial charge in [0, 0.05) is 6.54 Å². The Morgan fingerprint density at radius 1 is 1.19 bits per heavy atom. The maximum absolute atomic E-state index is 12.6. The lowest BCUT2D eigenvalue weighted by atomic mass is 10.2. The number of furan rings is 1. The van der Waals surface area contributed by atoms with Crippen molar-refractivity contribution in [1.29, 1.82) is 0 Å². The molecule has 31 heavy (non-hydrogen) atoms. The van der Waals surface area contributed by atoms with Crippen LogP contribution in [-0.2, 0) is 16.1 Å². The lowest BCUT2D eigenvalue weighted by Crippen LogP contribution is -2.28. The molecule has 1 amide bonds. The van der Waals surface area contributed by atoms with Gasteiger partial charge in [0.15, 0.2) is 29.7 Å². The number of aryl methyl sites for hydroxylation is 1. The van der Waals surface area contributed by atoms with Crippen molar-refractivity contribution in [3.63, 3.8) is 0 Å². The summed E-state index contributed by atoms with van der Waals surface area (Å²) in [5, 5.41) is 3.16. The average molecular weight is 441 g/mol. The number of hydrogen-bond acceptors (Lipinski definition) is 9. The molecule has 0 spiro atoms. The summed E-state index contributed by atoms with van der Waals surface area (Å²) in [5.41, 5.74) is 1.51. The minimum atomic E-state index is -0.661. The molecule has 1 aliphatic heterocycles. The lowest BCUT2D eigenvalue weighted by Gasteiger charge is -2.11. The zero-order chi connectivity index (χ0) is 21.8. The van der Waals surface area contributed by atoms with Crippen LogP contribution in [0.1, 0.15) is 21.6 Å². The molecule has 0 atom stereocenters. The van der Waals surface area contributed by atoms with Crippen LogP contribution in [0, 0.1) is 6.92 Å². The monoisotopic (exact) mass is 441 g/mol. The fraction of sp³-hybridized carbons (Fsp3) is 0.238. The molecular formula is C21H19N3O6S. The highest BCUT2D eigenvalue weighted by Gasteiger charge is 2.22. The number of nitrogens with zero attached hydrogens (tertiary/aromatic N) is 2. The second kappa shape index (κ2) is 9.09. The molecule has 0 fully saturated rings. The molecule has 3 aromatic rings. The van der Waals surface area contributed by atoms with Gasteiger partial charge in [-0.1, -0.05) is 6.07 Å². The molecule has 10 heteroatoms. The second-order valence-electron chi connectivity index (χ2n) is 6.53. The van der Waals surface area contributed by atoms with E-state index in [0.717, 1.165) is 5.56 Å². The summed E-state index contributed by atoms with van der Waals surface area (Å²) in [5.74, 6) is 1.10. The number of rotatable bonds is 7. The zero-order valence-electron chi connectivity index (χ0n) is 16.8. The molecule has 0 radical (unpaired) electrons. The Balaban J connectivity index is 1.36. The van der Waals surface area contributed by atoms with Crippen molar-refractivity contribution in [2.45, 2.75) is 18.5 Å². The summed E-state index contributed by atoms with van der Waals surface area (Å²) in [4.78, 5) is 33.5. The molecule has 0 saturated heterocycles. The normalized spacial score (nSPS) is 11.9. The van der Waals surface area contributed by atoms with E-state index in [1.807, 2.05) is 6.07 Å². The van der Waals surface area contributed by atoms with E-state index in [1.54, 1.807) is 37.4 Å². The van der Waals surface area contributed by atoms with Gasteiger partial charge in [0.05, 0.1) is 12.0 Å². The van der Waals surface area contributed by atoms with Crippen LogP contribution in [0.3, 0.4) is 0 Å². The van der Waals surface area contributed by atoms with Gasteiger partial charge in [0.2, 0.25) is 6.79 Å². The van der Waals surface area contributed by atoms with E-state index >= 15 is 0 Å². The summed E-state index contributed by atoms with van der Waals surface area (Å²) in [6, 6.07) is 8.87. The number of hydrogen-bond donors (Lipinski definition) is 1. The third-order valence-corrected chi connectivity index (χ3v) is 5.14. The second-order valence-corrected chi connectivity index (χ2v) is 7.33. The molecule has 3 heterocycles. The van der Waals surface area contributed by atoms with E-state index in [0.29, 0.717) is 33.8 Å². The summed E-state index contributed by atoms with van der Waals surface area (Å²) in [6.45, 7) is 1.72. The first-order chi connectivity index (χ1) is 15.0.